The normalized spacial score (nSPS) is 14.9. The average Bonchev–Trinajstić information content (AvgIpc) is 3.39. The highest BCUT2D eigenvalue weighted by atomic mass is 79.9. The van der Waals surface area contributed by atoms with Gasteiger partial charge in [0.05, 0.1) is 23.9 Å². The first kappa shape index (κ1) is 21.2. The molecule has 7 heteroatoms. The van der Waals surface area contributed by atoms with Gasteiger partial charge in [0.15, 0.2) is 0 Å². The standard InChI is InChI=1S/C26H20BrN3O3/c1-2-33-26(32)17-11-13-20(14-12-17)30-24(18-9-6-10-19(27)15-18)21-22(16-7-4-3-5-8-16)28-29-23(21)25(30)31/h3-15,24H,2H2,1H3,(H,28,29). The predicted molar refractivity (Wildman–Crippen MR) is 129 cm³/mol. The van der Waals surface area contributed by atoms with Crippen LogP contribution in [0.15, 0.2) is 83.3 Å². The van der Waals surface area contributed by atoms with Crippen molar-refractivity contribution in [2.45, 2.75) is 13.0 Å². The molecule has 1 N–H and O–H groups in total. The Balaban J connectivity index is 1.64. The number of amides is 1. The molecule has 1 aliphatic heterocycles. The molecule has 3 aromatic carbocycles. The number of carbonyl (C=O) groups excluding carboxylic acids is 2. The first-order valence-electron chi connectivity index (χ1n) is 10.6. The second-order valence-corrected chi connectivity index (χ2v) is 8.54. The number of hydrogen-bond acceptors (Lipinski definition) is 4. The molecule has 1 atom stereocenters. The van der Waals surface area contributed by atoms with E-state index in [-0.39, 0.29) is 17.9 Å². The number of rotatable bonds is 5. The van der Waals surface area contributed by atoms with E-state index in [9.17, 15) is 9.59 Å². The number of aromatic amines is 1. The number of H-pyrrole nitrogens is 1. The zero-order chi connectivity index (χ0) is 22.9. The molecule has 0 fully saturated rings. The van der Waals surface area contributed by atoms with Crippen LogP contribution in [-0.2, 0) is 4.74 Å². The Kier molecular flexibility index (Phi) is 5.56. The van der Waals surface area contributed by atoms with Gasteiger partial charge in [-0.2, -0.15) is 5.10 Å². The molecule has 0 spiro atoms. The number of esters is 1. The summed E-state index contributed by atoms with van der Waals surface area (Å²) in [7, 11) is 0. The van der Waals surface area contributed by atoms with Crippen LogP contribution in [0.5, 0.6) is 0 Å². The van der Waals surface area contributed by atoms with Gasteiger partial charge in [-0.05, 0) is 48.9 Å². The third kappa shape index (κ3) is 3.74. The molecule has 0 aliphatic carbocycles. The van der Waals surface area contributed by atoms with E-state index in [4.69, 9.17) is 4.74 Å². The summed E-state index contributed by atoms with van der Waals surface area (Å²) in [6.07, 6.45) is 0. The third-order valence-electron chi connectivity index (χ3n) is 5.64. The molecular weight excluding hydrogens is 482 g/mol. The number of carbonyl (C=O) groups is 2. The van der Waals surface area contributed by atoms with Gasteiger partial charge in [-0.25, -0.2) is 4.79 Å². The number of anilines is 1. The summed E-state index contributed by atoms with van der Waals surface area (Å²) in [5, 5.41) is 7.47. The molecule has 33 heavy (non-hydrogen) atoms. The summed E-state index contributed by atoms with van der Waals surface area (Å²) in [5.41, 5.74) is 5.05. The molecule has 164 valence electrons. The van der Waals surface area contributed by atoms with Crippen molar-refractivity contribution in [2.75, 3.05) is 11.5 Å². The van der Waals surface area contributed by atoms with Crippen LogP contribution in [0.3, 0.4) is 0 Å². The van der Waals surface area contributed by atoms with E-state index >= 15 is 0 Å². The van der Waals surface area contributed by atoms with E-state index in [0.29, 0.717) is 23.6 Å². The smallest absolute Gasteiger partial charge is 0.338 e. The van der Waals surface area contributed by atoms with E-state index < -0.39 is 0 Å². The zero-order valence-electron chi connectivity index (χ0n) is 17.8. The molecule has 1 unspecified atom stereocenters. The number of benzene rings is 3. The van der Waals surface area contributed by atoms with Crippen molar-refractivity contribution in [1.82, 2.24) is 10.2 Å². The predicted octanol–water partition coefficient (Wildman–Crippen LogP) is 5.77. The summed E-state index contributed by atoms with van der Waals surface area (Å²) in [4.78, 5) is 27.4. The quantitative estimate of drug-likeness (QED) is 0.352. The van der Waals surface area contributed by atoms with Gasteiger partial charge in [0, 0.05) is 21.3 Å². The Morgan fingerprint density at radius 3 is 2.52 bits per heavy atom. The molecule has 0 bridgehead atoms. The number of nitrogens with zero attached hydrogens (tertiary/aromatic N) is 2. The molecule has 0 radical (unpaired) electrons. The molecule has 6 nitrogen and oxygen atoms in total. The van der Waals surface area contributed by atoms with Crippen molar-refractivity contribution in [1.29, 1.82) is 0 Å². The van der Waals surface area contributed by atoms with Crippen LogP contribution in [-0.4, -0.2) is 28.7 Å². The van der Waals surface area contributed by atoms with E-state index in [2.05, 4.69) is 26.1 Å². The van der Waals surface area contributed by atoms with E-state index in [1.54, 1.807) is 36.1 Å². The second-order valence-electron chi connectivity index (χ2n) is 7.63. The van der Waals surface area contributed by atoms with Gasteiger partial charge in [-0.1, -0.05) is 58.4 Å². The second kappa shape index (κ2) is 8.67. The minimum atomic E-state index is -0.388. The Morgan fingerprint density at radius 2 is 1.82 bits per heavy atom. The van der Waals surface area contributed by atoms with Crippen LogP contribution in [0, 0.1) is 0 Å². The van der Waals surface area contributed by atoms with Gasteiger partial charge in [-0.15, -0.1) is 0 Å². The van der Waals surface area contributed by atoms with E-state index in [1.165, 1.54) is 0 Å². The van der Waals surface area contributed by atoms with Crippen LogP contribution >= 0.6 is 15.9 Å². The number of fused-ring (bicyclic) bond motifs is 1. The lowest BCUT2D eigenvalue weighted by Crippen LogP contribution is -2.29. The lowest BCUT2D eigenvalue weighted by atomic mass is 9.96. The largest absolute Gasteiger partial charge is 0.462 e. The summed E-state index contributed by atoms with van der Waals surface area (Å²) < 4.78 is 6.00. The first-order chi connectivity index (χ1) is 16.1. The molecule has 0 saturated heterocycles. The molecule has 1 aliphatic rings. The van der Waals surface area contributed by atoms with Crippen molar-refractivity contribution in [3.8, 4) is 11.3 Å². The van der Waals surface area contributed by atoms with Crippen LogP contribution in [0.4, 0.5) is 5.69 Å². The maximum atomic E-state index is 13.6. The third-order valence-corrected chi connectivity index (χ3v) is 6.13. The highest BCUT2D eigenvalue weighted by Gasteiger charge is 2.43. The van der Waals surface area contributed by atoms with Crippen molar-refractivity contribution >= 4 is 33.5 Å². The summed E-state index contributed by atoms with van der Waals surface area (Å²) in [6.45, 7) is 2.07. The molecule has 1 aromatic heterocycles. The first-order valence-corrected chi connectivity index (χ1v) is 11.4. The topological polar surface area (TPSA) is 75.3 Å². The van der Waals surface area contributed by atoms with E-state index in [1.807, 2.05) is 54.6 Å². The minimum Gasteiger partial charge on any atom is -0.462 e. The van der Waals surface area contributed by atoms with Crippen molar-refractivity contribution in [2.24, 2.45) is 0 Å². The lowest BCUT2D eigenvalue weighted by Gasteiger charge is -2.26. The molecule has 0 saturated carbocycles. The number of ether oxygens (including phenoxy) is 1. The van der Waals surface area contributed by atoms with Crippen molar-refractivity contribution in [3.05, 3.63) is 106 Å². The molecule has 2 heterocycles. The highest BCUT2D eigenvalue weighted by molar-refractivity contribution is 9.10. The average molecular weight is 502 g/mol. The van der Waals surface area contributed by atoms with Gasteiger partial charge in [0.1, 0.15) is 5.69 Å². The van der Waals surface area contributed by atoms with E-state index in [0.717, 1.165) is 26.9 Å². The number of nitrogens with one attached hydrogen (secondary N) is 1. The van der Waals surface area contributed by atoms with Gasteiger partial charge in [0.2, 0.25) is 0 Å². The molecule has 4 aromatic rings. The van der Waals surface area contributed by atoms with Crippen molar-refractivity contribution < 1.29 is 14.3 Å². The fourth-order valence-electron chi connectivity index (χ4n) is 4.19. The lowest BCUT2D eigenvalue weighted by molar-refractivity contribution is 0.0526. The maximum absolute atomic E-state index is 13.6. The molecule has 1 amide bonds. The minimum absolute atomic E-state index is 0.173. The molecular formula is C26H20BrN3O3. The Labute approximate surface area is 199 Å². The van der Waals surface area contributed by atoms with Gasteiger partial charge in [0.25, 0.3) is 5.91 Å². The van der Waals surface area contributed by atoms with Crippen LogP contribution in [0.25, 0.3) is 11.3 Å². The summed E-state index contributed by atoms with van der Waals surface area (Å²) >= 11 is 3.56. The fourth-order valence-corrected chi connectivity index (χ4v) is 4.61. The zero-order valence-corrected chi connectivity index (χ0v) is 19.4. The van der Waals surface area contributed by atoms with Gasteiger partial charge >= 0.3 is 5.97 Å². The Morgan fingerprint density at radius 1 is 1.06 bits per heavy atom. The Hall–Kier alpha value is -3.71. The summed E-state index contributed by atoms with van der Waals surface area (Å²) in [6, 6.07) is 24.3. The summed E-state index contributed by atoms with van der Waals surface area (Å²) in [5.74, 6) is -0.560. The van der Waals surface area contributed by atoms with Gasteiger partial charge in [-0.3, -0.25) is 14.8 Å². The van der Waals surface area contributed by atoms with Gasteiger partial charge < -0.3 is 4.74 Å². The number of aromatic nitrogens is 2. The van der Waals surface area contributed by atoms with Crippen LogP contribution in [0.1, 0.15) is 44.9 Å². The van der Waals surface area contributed by atoms with Crippen LogP contribution in [0.2, 0.25) is 0 Å². The SMILES string of the molecule is CCOC(=O)c1ccc(N2C(=O)c3[nH]nc(-c4ccccc4)c3C2c2cccc(Br)c2)cc1. The monoisotopic (exact) mass is 501 g/mol. The fraction of sp³-hybridized carbons (Fsp3) is 0.115. The highest BCUT2D eigenvalue weighted by Crippen LogP contribution is 2.45. The Bertz CT molecular complexity index is 1330. The number of hydrogen-bond donors (Lipinski definition) is 1. The maximum Gasteiger partial charge on any atom is 0.338 e. The van der Waals surface area contributed by atoms with Crippen molar-refractivity contribution in [3.63, 3.8) is 0 Å². The molecule has 5 rings (SSSR count). The van der Waals surface area contributed by atoms with Crippen LogP contribution < -0.4 is 4.90 Å². The number of halogens is 1.